The molecule has 3 nitrogen and oxygen atoms in total. The summed E-state index contributed by atoms with van der Waals surface area (Å²) in [5.74, 6) is -0.308. The molecule has 0 saturated heterocycles. The quantitative estimate of drug-likeness (QED) is 0.749. The van der Waals surface area contributed by atoms with Crippen LogP contribution in [0.1, 0.15) is 0 Å². The van der Waals surface area contributed by atoms with Gasteiger partial charge in [-0.2, -0.15) is 0 Å². The van der Waals surface area contributed by atoms with Gasteiger partial charge in [-0.05, 0) is 18.2 Å². The number of imidazole rings is 1. The number of hydrogen-bond acceptors (Lipinski definition) is 2. The molecule has 0 amide bonds. The maximum absolute atomic E-state index is 13.0. The molecule has 2 rings (SSSR count). The van der Waals surface area contributed by atoms with E-state index in [4.69, 9.17) is 5.11 Å². The number of nitrogens with zero attached hydrogens (tertiary/aromatic N) is 2. The highest BCUT2D eigenvalue weighted by molar-refractivity contribution is 5.56. The zero-order chi connectivity index (χ0) is 10.1. The van der Waals surface area contributed by atoms with Crippen LogP contribution in [0.3, 0.4) is 0 Å². The number of hydrogen-bond donors (Lipinski definition) is 1. The maximum Gasteiger partial charge on any atom is 0.165 e. The minimum Gasteiger partial charge on any atom is -0.505 e. The molecular weight excluding hydrogens is 183 g/mol. The third kappa shape index (κ3) is 1.35. The summed E-state index contributed by atoms with van der Waals surface area (Å²) in [4.78, 5) is 4.07. The second-order valence-electron chi connectivity index (χ2n) is 3.03. The van der Waals surface area contributed by atoms with Crippen LogP contribution in [0.25, 0.3) is 11.4 Å². The molecule has 1 aromatic carbocycles. The van der Waals surface area contributed by atoms with Gasteiger partial charge >= 0.3 is 0 Å². The molecule has 0 radical (unpaired) electrons. The standard InChI is InChI=1S/C10H9FN2O/c1-13-5-4-12-10(13)7-2-3-9(14)8(11)6-7/h2-6,14H,1H3. The van der Waals surface area contributed by atoms with Crippen LogP contribution in [0.2, 0.25) is 0 Å². The van der Waals surface area contributed by atoms with E-state index in [1.165, 1.54) is 12.1 Å². The Kier molecular flexibility index (Phi) is 1.96. The van der Waals surface area contributed by atoms with E-state index < -0.39 is 5.82 Å². The molecular formula is C10H9FN2O. The summed E-state index contributed by atoms with van der Waals surface area (Å²) in [6.07, 6.45) is 3.42. The van der Waals surface area contributed by atoms with Gasteiger partial charge < -0.3 is 9.67 Å². The number of phenols is 1. The molecule has 0 spiro atoms. The first-order valence-electron chi connectivity index (χ1n) is 4.14. The number of benzene rings is 1. The first kappa shape index (κ1) is 8.74. The van der Waals surface area contributed by atoms with Gasteiger partial charge in [-0.1, -0.05) is 0 Å². The molecule has 0 fully saturated rings. The summed E-state index contributed by atoms with van der Waals surface area (Å²) < 4.78 is 14.8. The van der Waals surface area contributed by atoms with E-state index >= 15 is 0 Å². The maximum atomic E-state index is 13.0. The predicted octanol–water partition coefficient (Wildman–Crippen LogP) is 1.93. The predicted molar refractivity (Wildman–Crippen MR) is 50.3 cm³/mol. The van der Waals surface area contributed by atoms with Crippen LogP contribution in [0, 0.1) is 5.82 Å². The summed E-state index contributed by atoms with van der Waals surface area (Å²) in [6.45, 7) is 0. The fourth-order valence-corrected chi connectivity index (χ4v) is 1.29. The Hall–Kier alpha value is -1.84. The lowest BCUT2D eigenvalue weighted by Gasteiger charge is -2.02. The van der Waals surface area contributed by atoms with Crippen LogP contribution in [-0.4, -0.2) is 14.7 Å². The molecule has 72 valence electrons. The Labute approximate surface area is 80.5 Å². The van der Waals surface area contributed by atoms with Crippen molar-refractivity contribution in [3.05, 3.63) is 36.4 Å². The fourth-order valence-electron chi connectivity index (χ4n) is 1.29. The molecule has 0 saturated carbocycles. The van der Waals surface area contributed by atoms with Crippen molar-refractivity contribution < 1.29 is 9.50 Å². The Morgan fingerprint density at radius 1 is 1.43 bits per heavy atom. The number of halogens is 1. The van der Waals surface area contributed by atoms with Gasteiger partial charge in [0.2, 0.25) is 0 Å². The third-order valence-corrected chi connectivity index (χ3v) is 2.03. The summed E-state index contributed by atoms with van der Waals surface area (Å²) in [6, 6.07) is 4.21. The van der Waals surface area contributed by atoms with Crippen LogP contribution in [0.5, 0.6) is 5.75 Å². The van der Waals surface area contributed by atoms with Crippen molar-refractivity contribution in [1.82, 2.24) is 9.55 Å². The van der Waals surface area contributed by atoms with Gasteiger partial charge in [0.1, 0.15) is 5.82 Å². The lowest BCUT2D eigenvalue weighted by atomic mass is 10.2. The van der Waals surface area contributed by atoms with Crippen molar-refractivity contribution >= 4 is 0 Å². The van der Waals surface area contributed by atoms with Gasteiger partial charge in [0, 0.05) is 25.0 Å². The fraction of sp³-hybridized carbons (Fsp3) is 0.100. The number of aromatic hydroxyl groups is 1. The normalized spacial score (nSPS) is 10.4. The van der Waals surface area contributed by atoms with E-state index in [0.29, 0.717) is 11.4 Å². The van der Waals surface area contributed by atoms with Gasteiger partial charge in [-0.25, -0.2) is 9.37 Å². The monoisotopic (exact) mass is 192 g/mol. The molecule has 0 atom stereocenters. The molecule has 0 aliphatic carbocycles. The molecule has 14 heavy (non-hydrogen) atoms. The summed E-state index contributed by atoms with van der Waals surface area (Å²) in [7, 11) is 1.83. The Morgan fingerprint density at radius 2 is 2.21 bits per heavy atom. The van der Waals surface area contributed by atoms with Crippen molar-refractivity contribution in [2.75, 3.05) is 0 Å². The van der Waals surface area contributed by atoms with Crippen LogP contribution in [0.15, 0.2) is 30.6 Å². The van der Waals surface area contributed by atoms with E-state index in [9.17, 15) is 4.39 Å². The second kappa shape index (κ2) is 3.14. The molecule has 1 heterocycles. The summed E-state index contributed by atoms with van der Waals surface area (Å²) in [5.41, 5.74) is 0.646. The van der Waals surface area contributed by atoms with Crippen LogP contribution in [0.4, 0.5) is 4.39 Å². The molecule has 0 bridgehead atoms. The van der Waals surface area contributed by atoms with E-state index in [1.807, 2.05) is 7.05 Å². The highest BCUT2D eigenvalue weighted by atomic mass is 19.1. The lowest BCUT2D eigenvalue weighted by molar-refractivity contribution is 0.432. The van der Waals surface area contributed by atoms with Crippen molar-refractivity contribution in [1.29, 1.82) is 0 Å². The molecule has 1 aromatic heterocycles. The van der Waals surface area contributed by atoms with Crippen molar-refractivity contribution in [2.24, 2.45) is 7.05 Å². The summed E-state index contributed by atoms with van der Waals surface area (Å²) >= 11 is 0. The first-order chi connectivity index (χ1) is 6.68. The molecule has 4 heteroatoms. The highest BCUT2D eigenvalue weighted by Gasteiger charge is 2.06. The number of aryl methyl sites for hydroxylation is 1. The molecule has 1 N–H and O–H groups in total. The number of aromatic nitrogens is 2. The van der Waals surface area contributed by atoms with E-state index in [2.05, 4.69) is 4.98 Å². The van der Waals surface area contributed by atoms with Gasteiger partial charge in [0.25, 0.3) is 0 Å². The van der Waals surface area contributed by atoms with Crippen LogP contribution < -0.4 is 0 Å². The number of rotatable bonds is 1. The topological polar surface area (TPSA) is 38.0 Å². The Morgan fingerprint density at radius 3 is 2.79 bits per heavy atom. The van der Waals surface area contributed by atoms with Crippen LogP contribution in [-0.2, 0) is 7.05 Å². The minimum atomic E-state index is -0.634. The van der Waals surface area contributed by atoms with Crippen molar-refractivity contribution in [3.63, 3.8) is 0 Å². The van der Waals surface area contributed by atoms with Crippen molar-refractivity contribution in [3.8, 4) is 17.1 Å². The largest absolute Gasteiger partial charge is 0.505 e. The average Bonchev–Trinajstić information content (AvgIpc) is 2.57. The van der Waals surface area contributed by atoms with E-state index in [-0.39, 0.29) is 5.75 Å². The van der Waals surface area contributed by atoms with Gasteiger partial charge in [-0.3, -0.25) is 0 Å². The van der Waals surface area contributed by atoms with Crippen molar-refractivity contribution in [2.45, 2.75) is 0 Å². The zero-order valence-electron chi connectivity index (χ0n) is 7.61. The molecule has 0 aliphatic rings. The Bertz CT molecular complexity index is 465. The van der Waals surface area contributed by atoms with Crippen LogP contribution >= 0.6 is 0 Å². The SMILES string of the molecule is Cn1ccnc1-c1ccc(O)c(F)c1. The van der Waals surface area contributed by atoms with E-state index in [0.717, 1.165) is 0 Å². The molecule has 0 aliphatic heterocycles. The zero-order valence-corrected chi connectivity index (χ0v) is 7.61. The summed E-state index contributed by atoms with van der Waals surface area (Å²) in [5, 5.41) is 9.01. The minimum absolute atomic E-state index is 0.344. The van der Waals surface area contributed by atoms with Gasteiger partial charge in [-0.15, -0.1) is 0 Å². The average molecular weight is 192 g/mol. The van der Waals surface area contributed by atoms with E-state index in [1.54, 1.807) is 23.0 Å². The number of phenolic OH excluding ortho intramolecular Hbond substituents is 1. The third-order valence-electron chi connectivity index (χ3n) is 2.03. The Balaban J connectivity index is 2.53. The van der Waals surface area contributed by atoms with Gasteiger partial charge in [0.15, 0.2) is 11.6 Å². The second-order valence-corrected chi connectivity index (χ2v) is 3.03. The first-order valence-corrected chi connectivity index (χ1v) is 4.14. The molecule has 2 aromatic rings. The smallest absolute Gasteiger partial charge is 0.165 e. The molecule has 0 unspecified atom stereocenters. The van der Waals surface area contributed by atoms with Gasteiger partial charge in [0.05, 0.1) is 0 Å². The lowest BCUT2D eigenvalue weighted by Crippen LogP contribution is -1.91. The highest BCUT2D eigenvalue weighted by Crippen LogP contribution is 2.22.